The van der Waals surface area contributed by atoms with Crippen molar-refractivity contribution >= 4 is 28.9 Å². The molecule has 0 saturated carbocycles. The molecule has 3 N–H and O–H groups in total. The second-order valence-electron chi connectivity index (χ2n) is 3.22. The van der Waals surface area contributed by atoms with E-state index in [2.05, 4.69) is 15.5 Å². The van der Waals surface area contributed by atoms with Gasteiger partial charge >= 0.3 is 0 Å². The molecule has 0 fully saturated rings. The monoisotopic (exact) mass is 257 g/mol. The standard InChI is InChI=1S/C10H9Cl2N3O/c11-8-3-7(4-9(12)10(8)16)13-5-6-1-2-14-15-6/h1-4,13,16H,5H2,(H,14,15). The number of aromatic hydroxyl groups is 1. The van der Waals surface area contributed by atoms with Gasteiger partial charge in [0.15, 0.2) is 5.75 Å². The third-order valence-corrected chi connectivity index (χ3v) is 2.63. The molecule has 0 saturated heterocycles. The SMILES string of the molecule is Oc1c(Cl)cc(NCc2ccn[nH]2)cc1Cl. The van der Waals surface area contributed by atoms with Gasteiger partial charge in [-0.1, -0.05) is 23.2 Å². The Hall–Kier alpha value is -1.39. The van der Waals surface area contributed by atoms with E-state index in [9.17, 15) is 5.11 Å². The third kappa shape index (κ3) is 2.40. The Labute approximate surface area is 102 Å². The van der Waals surface area contributed by atoms with Crippen LogP contribution in [-0.4, -0.2) is 15.3 Å². The van der Waals surface area contributed by atoms with Crippen LogP contribution in [0.2, 0.25) is 10.0 Å². The van der Waals surface area contributed by atoms with Gasteiger partial charge in [0.25, 0.3) is 0 Å². The molecule has 2 aromatic rings. The summed E-state index contributed by atoms with van der Waals surface area (Å²) >= 11 is 11.6. The first-order valence-corrected chi connectivity index (χ1v) is 5.32. The average Bonchev–Trinajstić information content (AvgIpc) is 2.75. The van der Waals surface area contributed by atoms with Crippen LogP contribution >= 0.6 is 23.2 Å². The molecule has 0 unspecified atom stereocenters. The Morgan fingerprint density at radius 3 is 2.56 bits per heavy atom. The average molecular weight is 258 g/mol. The number of hydrogen-bond acceptors (Lipinski definition) is 3. The van der Waals surface area contributed by atoms with E-state index in [0.29, 0.717) is 6.54 Å². The van der Waals surface area contributed by atoms with Crippen molar-refractivity contribution in [2.75, 3.05) is 5.32 Å². The van der Waals surface area contributed by atoms with E-state index >= 15 is 0 Å². The summed E-state index contributed by atoms with van der Waals surface area (Å²) < 4.78 is 0. The van der Waals surface area contributed by atoms with E-state index in [4.69, 9.17) is 23.2 Å². The van der Waals surface area contributed by atoms with Crippen LogP contribution in [0.3, 0.4) is 0 Å². The highest BCUT2D eigenvalue weighted by atomic mass is 35.5. The minimum Gasteiger partial charge on any atom is -0.505 e. The summed E-state index contributed by atoms with van der Waals surface area (Å²) in [5, 5.41) is 19.6. The van der Waals surface area contributed by atoms with E-state index in [1.54, 1.807) is 18.3 Å². The number of halogens is 2. The zero-order valence-corrected chi connectivity index (χ0v) is 9.68. The number of nitrogens with zero attached hydrogens (tertiary/aromatic N) is 1. The van der Waals surface area contributed by atoms with Crippen molar-refractivity contribution in [3.05, 3.63) is 40.1 Å². The first-order chi connectivity index (χ1) is 7.66. The second kappa shape index (κ2) is 4.63. The molecule has 1 aromatic heterocycles. The number of hydrogen-bond donors (Lipinski definition) is 3. The highest BCUT2D eigenvalue weighted by Crippen LogP contribution is 2.34. The summed E-state index contributed by atoms with van der Waals surface area (Å²) in [4.78, 5) is 0. The highest BCUT2D eigenvalue weighted by Gasteiger charge is 2.06. The summed E-state index contributed by atoms with van der Waals surface area (Å²) in [6.45, 7) is 0.581. The summed E-state index contributed by atoms with van der Waals surface area (Å²) in [5.74, 6) is -0.101. The molecular formula is C10H9Cl2N3O. The minimum absolute atomic E-state index is 0.101. The van der Waals surface area contributed by atoms with E-state index in [1.165, 1.54) is 0 Å². The van der Waals surface area contributed by atoms with Gasteiger partial charge in [0.05, 0.1) is 22.3 Å². The van der Waals surface area contributed by atoms with Crippen molar-refractivity contribution in [3.8, 4) is 5.75 Å². The molecule has 4 nitrogen and oxygen atoms in total. The molecule has 0 aliphatic rings. The molecular weight excluding hydrogens is 249 g/mol. The van der Waals surface area contributed by atoms with E-state index in [-0.39, 0.29) is 15.8 Å². The number of phenolic OH excluding ortho intramolecular Hbond substituents is 1. The maximum absolute atomic E-state index is 9.38. The molecule has 6 heteroatoms. The molecule has 0 spiro atoms. The Morgan fingerprint density at radius 1 is 1.31 bits per heavy atom. The zero-order chi connectivity index (χ0) is 11.5. The van der Waals surface area contributed by atoms with Gasteiger partial charge in [-0.15, -0.1) is 0 Å². The van der Waals surface area contributed by atoms with Crippen molar-refractivity contribution in [2.45, 2.75) is 6.54 Å². The molecule has 0 radical (unpaired) electrons. The number of rotatable bonds is 3. The topological polar surface area (TPSA) is 60.9 Å². The molecule has 84 valence electrons. The number of H-pyrrole nitrogens is 1. The maximum atomic E-state index is 9.38. The van der Waals surface area contributed by atoms with Crippen molar-refractivity contribution in [2.24, 2.45) is 0 Å². The second-order valence-corrected chi connectivity index (χ2v) is 4.04. The number of phenols is 1. The Morgan fingerprint density at radius 2 is 2.00 bits per heavy atom. The lowest BCUT2D eigenvalue weighted by atomic mass is 10.3. The van der Waals surface area contributed by atoms with Crippen molar-refractivity contribution < 1.29 is 5.11 Å². The van der Waals surface area contributed by atoms with Crippen LogP contribution < -0.4 is 5.32 Å². The van der Waals surface area contributed by atoms with Crippen LogP contribution in [0.5, 0.6) is 5.75 Å². The predicted octanol–water partition coefficient (Wildman–Crippen LogP) is 3.03. The van der Waals surface area contributed by atoms with Crippen molar-refractivity contribution in [3.63, 3.8) is 0 Å². The van der Waals surface area contributed by atoms with Gasteiger partial charge in [-0.2, -0.15) is 5.10 Å². The van der Waals surface area contributed by atoms with Crippen LogP contribution in [0, 0.1) is 0 Å². The maximum Gasteiger partial charge on any atom is 0.152 e. The fourth-order valence-electron chi connectivity index (χ4n) is 1.25. The largest absolute Gasteiger partial charge is 0.505 e. The minimum atomic E-state index is -0.101. The normalized spacial score (nSPS) is 10.4. The van der Waals surface area contributed by atoms with Crippen LogP contribution in [0.4, 0.5) is 5.69 Å². The molecule has 0 bridgehead atoms. The molecule has 0 amide bonds. The smallest absolute Gasteiger partial charge is 0.152 e. The lowest BCUT2D eigenvalue weighted by Gasteiger charge is -2.07. The number of aromatic amines is 1. The predicted molar refractivity (Wildman–Crippen MR) is 64.0 cm³/mol. The number of nitrogens with one attached hydrogen (secondary N) is 2. The number of anilines is 1. The quantitative estimate of drug-likeness (QED) is 0.741. The van der Waals surface area contributed by atoms with Crippen molar-refractivity contribution in [1.29, 1.82) is 0 Å². The first kappa shape index (κ1) is 11.1. The Kier molecular flexibility index (Phi) is 3.22. The Bertz CT molecular complexity index is 462. The Balaban J connectivity index is 2.10. The summed E-state index contributed by atoms with van der Waals surface area (Å²) in [7, 11) is 0. The number of aromatic nitrogens is 2. The van der Waals surface area contributed by atoms with Gasteiger partial charge in [-0.25, -0.2) is 0 Å². The molecule has 2 rings (SSSR count). The van der Waals surface area contributed by atoms with Gasteiger partial charge in [0.1, 0.15) is 0 Å². The van der Waals surface area contributed by atoms with E-state index in [1.807, 2.05) is 6.07 Å². The fourth-order valence-corrected chi connectivity index (χ4v) is 1.74. The summed E-state index contributed by atoms with van der Waals surface area (Å²) in [5.41, 5.74) is 1.68. The molecule has 1 aromatic carbocycles. The van der Waals surface area contributed by atoms with Gasteiger partial charge in [0, 0.05) is 11.9 Å². The molecule has 16 heavy (non-hydrogen) atoms. The van der Waals surface area contributed by atoms with Gasteiger partial charge in [-0.3, -0.25) is 5.10 Å². The van der Waals surface area contributed by atoms with Crippen LogP contribution in [-0.2, 0) is 6.54 Å². The van der Waals surface area contributed by atoms with Crippen molar-refractivity contribution in [1.82, 2.24) is 10.2 Å². The third-order valence-electron chi connectivity index (χ3n) is 2.06. The van der Waals surface area contributed by atoms with E-state index < -0.39 is 0 Å². The summed E-state index contributed by atoms with van der Waals surface area (Å²) in [6.07, 6.45) is 1.67. The van der Waals surface area contributed by atoms with Gasteiger partial charge in [0.2, 0.25) is 0 Å². The molecule has 1 heterocycles. The summed E-state index contributed by atoms with van der Waals surface area (Å²) in [6, 6.07) is 5.08. The fraction of sp³-hybridized carbons (Fsp3) is 0.100. The van der Waals surface area contributed by atoms with Gasteiger partial charge < -0.3 is 10.4 Å². The van der Waals surface area contributed by atoms with Crippen LogP contribution in [0.15, 0.2) is 24.4 Å². The molecule has 0 atom stereocenters. The number of benzene rings is 1. The molecule has 0 aliphatic heterocycles. The lowest BCUT2D eigenvalue weighted by molar-refractivity contribution is 0.476. The lowest BCUT2D eigenvalue weighted by Crippen LogP contribution is -1.99. The van der Waals surface area contributed by atoms with E-state index in [0.717, 1.165) is 11.4 Å². The van der Waals surface area contributed by atoms with Crippen LogP contribution in [0.1, 0.15) is 5.69 Å². The van der Waals surface area contributed by atoms with Gasteiger partial charge in [-0.05, 0) is 18.2 Å². The highest BCUT2D eigenvalue weighted by molar-refractivity contribution is 6.37. The first-order valence-electron chi connectivity index (χ1n) is 4.57. The zero-order valence-electron chi connectivity index (χ0n) is 8.17. The molecule has 0 aliphatic carbocycles. The van der Waals surface area contributed by atoms with Crippen LogP contribution in [0.25, 0.3) is 0 Å².